The summed E-state index contributed by atoms with van der Waals surface area (Å²) in [4.78, 5) is 24.4. The highest BCUT2D eigenvalue weighted by Crippen LogP contribution is 2.25. The van der Waals surface area contributed by atoms with Crippen molar-refractivity contribution in [2.75, 3.05) is 13.7 Å². The van der Waals surface area contributed by atoms with Crippen molar-refractivity contribution in [3.63, 3.8) is 0 Å². The van der Waals surface area contributed by atoms with Gasteiger partial charge in [-0.2, -0.15) is 0 Å². The number of hydrogen-bond donors (Lipinski definition) is 0. The first-order chi connectivity index (χ1) is 14.1. The fraction of sp³-hybridized carbons (Fsp3) is 0.364. The Balaban J connectivity index is 1.61. The average molecular weight is 419 g/mol. The van der Waals surface area contributed by atoms with Gasteiger partial charge in [0.1, 0.15) is 18.1 Å². The third-order valence-electron chi connectivity index (χ3n) is 4.62. The number of esters is 1. The van der Waals surface area contributed by atoms with Crippen LogP contribution < -0.4 is 9.47 Å². The van der Waals surface area contributed by atoms with Crippen molar-refractivity contribution in [3.8, 4) is 11.5 Å². The molecule has 0 bridgehead atoms. The van der Waals surface area contributed by atoms with E-state index in [0.717, 1.165) is 24.8 Å². The van der Waals surface area contributed by atoms with E-state index in [1.54, 1.807) is 55.6 Å². The number of ether oxygens (including phenoxy) is 4. The summed E-state index contributed by atoms with van der Waals surface area (Å²) in [6.45, 7) is 0.718. The van der Waals surface area contributed by atoms with Crippen LogP contribution in [-0.4, -0.2) is 31.2 Å². The number of carbonyl (C=O) groups excluding carboxylic acids is 2. The summed E-state index contributed by atoms with van der Waals surface area (Å²) in [5.41, 5.74) is 1.22. The second-order valence-electron chi connectivity index (χ2n) is 6.68. The van der Waals surface area contributed by atoms with Gasteiger partial charge in [-0.15, -0.1) is 0 Å². The molecule has 29 heavy (non-hydrogen) atoms. The molecule has 6 nitrogen and oxygen atoms in total. The molecule has 1 heterocycles. The summed E-state index contributed by atoms with van der Waals surface area (Å²) in [5.74, 6) is -0.595. The molecule has 0 spiro atoms. The number of rotatable bonds is 8. The maximum atomic E-state index is 12.5. The highest BCUT2D eigenvalue weighted by molar-refractivity contribution is 6.66. The predicted octanol–water partition coefficient (Wildman–Crippen LogP) is 4.19. The Kier molecular flexibility index (Phi) is 7.49. The normalized spacial score (nSPS) is 17.2. The summed E-state index contributed by atoms with van der Waals surface area (Å²) in [6, 6.07) is 13.7. The van der Waals surface area contributed by atoms with Crippen LogP contribution in [0.2, 0.25) is 0 Å². The molecule has 1 aliphatic rings. The Morgan fingerprint density at radius 3 is 2.34 bits per heavy atom. The topological polar surface area (TPSA) is 71.1 Å². The number of carbonyl (C=O) groups is 2. The fourth-order valence-electron chi connectivity index (χ4n) is 3.01. The maximum Gasteiger partial charge on any atom is 0.322 e. The van der Waals surface area contributed by atoms with E-state index in [1.807, 2.05) is 0 Å². The molecular formula is C22H23ClO6. The minimum absolute atomic E-state index is 0.0315. The molecule has 0 saturated carbocycles. The lowest BCUT2D eigenvalue weighted by atomic mass is 10.0. The maximum absolute atomic E-state index is 12.5. The third kappa shape index (κ3) is 5.95. The first kappa shape index (κ1) is 21.1. The van der Waals surface area contributed by atoms with E-state index in [4.69, 9.17) is 30.5 Å². The van der Waals surface area contributed by atoms with Gasteiger partial charge in [-0.1, -0.05) is 24.3 Å². The van der Waals surface area contributed by atoms with Crippen LogP contribution >= 0.6 is 11.6 Å². The molecule has 2 atom stereocenters. The molecule has 1 fully saturated rings. The summed E-state index contributed by atoms with van der Waals surface area (Å²) in [7, 11) is 1.57. The quantitative estimate of drug-likeness (QED) is 0.363. The molecule has 0 aliphatic carbocycles. The summed E-state index contributed by atoms with van der Waals surface area (Å²) in [6.07, 6.45) is 2.67. The molecule has 7 heteroatoms. The van der Waals surface area contributed by atoms with Crippen molar-refractivity contribution in [2.24, 2.45) is 0 Å². The van der Waals surface area contributed by atoms with Gasteiger partial charge < -0.3 is 18.9 Å². The molecule has 1 saturated heterocycles. The van der Waals surface area contributed by atoms with Crippen molar-refractivity contribution in [1.82, 2.24) is 0 Å². The van der Waals surface area contributed by atoms with Crippen LogP contribution in [0, 0.1) is 0 Å². The number of methoxy groups -OCH3 is 1. The Labute approximate surface area is 174 Å². The van der Waals surface area contributed by atoms with Crippen LogP contribution in [0.5, 0.6) is 11.5 Å². The first-order valence-electron chi connectivity index (χ1n) is 9.44. The molecule has 2 aromatic carbocycles. The van der Waals surface area contributed by atoms with Gasteiger partial charge >= 0.3 is 5.97 Å². The number of hydrogen-bond acceptors (Lipinski definition) is 6. The van der Waals surface area contributed by atoms with E-state index in [1.165, 1.54) is 0 Å². The lowest BCUT2D eigenvalue weighted by Gasteiger charge is -2.23. The molecule has 0 radical (unpaired) electrons. The van der Waals surface area contributed by atoms with Gasteiger partial charge in [-0.3, -0.25) is 9.59 Å². The third-order valence-corrected chi connectivity index (χ3v) is 4.84. The van der Waals surface area contributed by atoms with E-state index < -0.39 is 17.1 Å². The van der Waals surface area contributed by atoms with Crippen molar-refractivity contribution in [3.05, 3.63) is 59.7 Å². The van der Waals surface area contributed by atoms with E-state index in [-0.39, 0.29) is 12.9 Å². The van der Waals surface area contributed by atoms with Gasteiger partial charge in [-0.05, 0) is 59.8 Å². The number of benzene rings is 2. The van der Waals surface area contributed by atoms with E-state index >= 15 is 0 Å². The largest absolute Gasteiger partial charge is 0.497 e. The fourth-order valence-corrected chi connectivity index (χ4v) is 3.23. The summed E-state index contributed by atoms with van der Waals surface area (Å²) in [5, 5.41) is -0.797. The molecule has 1 aliphatic heterocycles. The zero-order valence-corrected chi connectivity index (χ0v) is 16.9. The smallest absolute Gasteiger partial charge is 0.322 e. The molecule has 0 N–H and O–H groups in total. The van der Waals surface area contributed by atoms with Crippen molar-refractivity contribution >= 4 is 22.8 Å². The Bertz CT molecular complexity index is 812. The van der Waals surface area contributed by atoms with Crippen LogP contribution in [0.4, 0.5) is 0 Å². The van der Waals surface area contributed by atoms with Crippen LogP contribution in [-0.2, 0) is 25.7 Å². The monoisotopic (exact) mass is 418 g/mol. The molecule has 3 rings (SSSR count). The first-order valence-corrected chi connectivity index (χ1v) is 9.82. The zero-order chi connectivity index (χ0) is 20.6. The van der Waals surface area contributed by atoms with Crippen LogP contribution in [0.1, 0.15) is 36.3 Å². The highest BCUT2D eigenvalue weighted by Gasteiger charge is 2.29. The summed E-state index contributed by atoms with van der Waals surface area (Å²) < 4.78 is 21.7. The standard InChI is InChI=1S/C22H23ClO6/c1-26-17-9-5-15(6-10-17)14-28-22(25)20(21(23)24)16-7-11-18(12-8-16)29-19-4-2-3-13-27-19/h5-12,19-20H,2-4,13-14H2,1H3. The minimum Gasteiger partial charge on any atom is -0.497 e. The van der Waals surface area contributed by atoms with Crippen LogP contribution in [0.25, 0.3) is 0 Å². The van der Waals surface area contributed by atoms with Crippen molar-refractivity contribution < 1.29 is 28.5 Å². The van der Waals surface area contributed by atoms with Gasteiger partial charge in [0.05, 0.1) is 13.7 Å². The predicted molar refractivity (Wildman–Crippen MR) is 107 cm³/mol. The highest BCUT2D eigenvalue weighted by atomic mass is 35.5. The van der Waals surface area contributed by atoms with E-state index in [9.17, 15) is 9.59 Å². The Morgan fingerprint density at radius 2 is 1.76 bits per heavy atom. The van der Waals surface area contributed by atoms with Crippen molar-refractivity contribution in [1.29, 1.82) is 0 Å². The zero-order valence-electron chi connectivity index (χ0n) is 16.1. The number of halogens is 1. The van der Waals surface area contributed by atoms with Gasteiger partial charge in [0.25, 0.3) is 0 Å². The van der Waals surface area contributed by atoms with Crippen LogP contribution in [0.15, 0.2) is 48.5 Å². The van der Waals surface area contributed by atoms with Crippen molar-refractivity contribution in [2.45, 2.75) is 38.1 Å². The second kappa shape index (κ2) is 10.3. The Morgan fingerprint density at radius 1 is 1.07 bits per heavy atom. The van der Waals surface area contributed by atoms with E-state index in [0.29, 0.717) is 23.7 Å². The minimum atomic E-state index is -1.20. The van der Waals surface area contributed by atoms with Gasteiger partial charge in [-0.25, -0.2) is 0 Å². The SMILES string of the molecule is COc1ccc(COC(=O)C(C(=O)Cl)c2ccc(OC3CCCCO3)cc2)cc1. The molecule has 154 valence electrons. The molecule has 0 aromatic heterocycles. The molecule has 0 amide bonds. The lowest BCUT2D eigenvalue weighted by molar-refractivity contribution is -0.148. The van der Waals surface area contributed by atoms with Crippen LogP contribution in [0.3, 0.4) is 0 Å². The van der Waals surface area contributed by atoms with E-state index in [2.05, 4.69) is 0 Å². The second-order valence-corrected chi connectivity index (χ2v) is 7.05. The summed E-state index contributed by atoms with van der Waals surface area (Å²) >= 11 is 5.68. The molecule has 2 aromatic rings. The average Bonchev–Trinajstić information content (AvgIpc) is 2.74. The van der Waals surface area contributed by atoms with Gasteiger partial charge in [0, 0.05) is 6.42 Å². The van der Waals surface area contributed by atoms with Gasteiger partial charge in [0.2, 0.25) is 5.24 Å². The Hall–Kier alpha value is -2.57. The van der Waals surface area contributed by atoms with Gasteiger partial charge in [0.15, 0.2) is 12.2 Å². The lowest BCUT2D eigenvalue weighted by Crippen LogP contribution is -2.25. The molecule has 2 unspecified atom stereocenters. The molecular weight excluding hydrogens is 396 g/mol.